The second-order valence-electron chi connectivity index (χ2n) is 4.68. The minimum Gasteiger partial charge on any atom is -0.478 e. The highest BCUT2D eigenvalue weighted by Crippen LogP contribution is 2.24. The van der Waals surface area contributed by atoms with Crippen molar-refractivity contribution in [2.75, 3.05) is 6.54 Å². The maximum atomic E-state index is 11.1. The van der Waals surface area contributed by atoms with Crippen LogP contribution >= 0.6 is 0 Å². The fraction of sp³-hybridized carbons (Fsp3) is 0.429. The second kappa shape index (κ2) is 7.02. The molecule has 1 amide bonds. The van der Waals surface area contributed by atoms with Gasteiger partial charge in [0.2, 0.25) is 5.91 Å². The number of rotatable bonds is 6. The van der Waals surface area contributed by atoms with Crippen LogP contribution in [0.15, 0.2) is 18.2 Å². The monoisotopic (exact) mass is 281 g/mol. The normalized spacial score (nSPS) is 13.6. The van der Waals surface area contributed by atoms with Gasteiger partial charge in [0.15, 0.2) is 0 Å². The van der Waals surface area contributed by atoms with E-state index < -0.39 is 18.2 Å². The molecule has 1 aromatic rings. The molecular weight excluding hydrogens is 262 g/mol. The van der Waals surface area contributed by atoms with Crippen molar-refractivity contribution >= 4 is 11.9 Å². The van der Waals surface area contributed by atoms with Crippen molar-refractivity contribution < 1.29 is 24.9 Å². The number of nitrogens with one attached hydrogen (secondary N) is 1. The Bertz CT molecular complexity index is 500. The molecule has 2 atom stereocenters. The summed E-state index contributed by atoms with van der Waals surface area (Å²) in [6.45, 7) is 3.33. The van der Waals surface area contributed by atoms with Crippen LogP contribution in [0.3, 0.4) is 0 Å². The SMILES string of the molecule is CC(=O)NCCC(O)C(O)c1cc(C)ccc1C(=O)O. The molecular formula is C14H19NO5. The van der Waals surface area contributed by atoms with Gasteiger partial charge in [0.25, 0.3) is 0 Å². The molecule has 20 heavy (non-hydrogen) atoms. The van der Waals surface area contributed by atoms with E-state index in [4.69, 9.17) is 5.11 Å². The zero-order valence-corrected chi connectivity index (χ0v) is 11.5. The van der Waals surface area contributed by atoms with Gasteiger partial charge in [-0.3, -0.25) is 4.79 Å². The van der Waals surface area contributed by atoms with Gasteiger partial charge in [-0.25, -0.2) is 4.79 Å². The predicted molar refractivity (Wildman–Crippen MR) is 72.4 cm³/mol. The van der Waals surface area contributed by atoms with Crippen molar-refractivity contribution in [1.29, 1.82) is 0 Å². The zero-order chi connectivity index (χ0) is 15.3. The van der Waals surface area contributed by atoms with Crippen molar-refractivity contribution in [1.82, 2.24) is 5.32 Å². The molecule has 0 aliphatic heterocycles. The minimum atomic E-state index is -1.31. The van der Waals surface area contributed by atoms with Gasteiger partial charge in [-0.05, 0) is 25.0 Å². The van der Waals surface area contributed by atoms with Crippen LogP contribution in [0.25, 0.3) is 0 Å². The Morgan fingerprint density at radius 2 is 1.95 bits per heavy atom. The standard InChI is InChI=1S/C14H19NO5/c1-8-3-4-10(14(19)20)11(7-8)13(18)12(17)5-6-15-9(2)16/h3-4,7,12-13,17-18H,5-6H2,1-2H3,(H,15,16)(H,19,20). The lowest BCUT2D eigenvalue weighted by atomic mass is 9.95. The minimum absolute atomic E-state index is 0.0401. The highest BCUT2D eigenvalue weighted by molar-refractivity contribution is 5.89. The smallest absolute Gasteiger partial charge is 0.336 e. The third-order valence-electron chi connectivity index (χ3n) is 2.93. The van der Waals surface area contributed by atoms with E-state index in [1.807, 2.05) is 0 Å². The Balaban J connectivity index is 2.84. The van der Waals surface area contributed by atoms with E-state index in [9.17, 15) is 19.8 Å². The van der Waals surface area contributed by atoms with Gasteiger partial charge in [-0.2, -0.15) is 0 Å². The third-order valence-corrected chi connectivity index (χ3v) is 2.93. The number of carboxylic acids is 1. The first-order valence-electron chi connectivity index (χ1n) is 6.27. The second-order valence-corrected chi connectivity index (χ2v) is 4.68. The Morgan fingerprint density at radius 3 is 2.50 bits per heavy atom. The molecule has 0 bridgehead atoms. The number of aliphatic hydroxyl groups is 2. The molecule has 0 heterocycles. The molecule has 0 saturated heterocycles. The molecule has 0 saturated carbocycles. The number of hydrogen-bond acceptors (Lipinski definition) is 4. The summed E-state index contributed by atoms with van der Waals surface area (Å²) in [4.78, 5) is 21.8. The highest BCUT2D eigenvalue weighted by Gasteiger charge is 2.23. The molecule has 2 unspecified atom stereocenters. The van der Waals surface area contributed by atoms with Crippen LogP contribution in [-0.4, -0.2) is 39.8 Å². The molecule has 0 radical (unpaired) electrons. The van der Waals surface area contributed by atoms with E-state index in [2.05, 4.69) is 5.32 Å². The predicted octanol–water partition coefficient (Wildman–Crippen LogP) is 0.614. The molecule has 110 valence electrons. The Labute approximate surface area is 117 Å². The maximum Gasteiger partial charge on any atom is 0.336 e. The fourth-order valence-electron chi connectivity index (χ4n) is 1.88. The molecule has 1 aromatic carbocycles. The van der Waals surface area contributed by atoms with Crippen LogP contribution in [0.2, 0.25) is 0 Å². The first-order valence-corrected chi connectivity index (χ1v) is 6.27. The Kier molecular flexibility index (Phi) is 5.66. The van der Waals surface area contributed by atoms with Gasteiger partial charge in [0.05, 0.1) is 11.7 Å². The molecule has 0 aliphatic rings. The van der Waals surface area contributed by atoms with Gasteiger partial charge in [0.1, 0.15) is 6.10 Å². The summed E-state index contributed by atoms with van der Waals surface area (Å²) in [5.41, 5.74) is 0.924. The van der Waals surface area contributed by atoms with E-state index in [1.54, 1.807) is 13.0 Å². The molecule has 1 rings (SSSR count). The number of benzene rings is 1. The molecule has 0 aliphatic carbocycles. The van der Waals surface area contributed by atoms with Crippen molar-refractivity contribution in [2.45, 2.75) is 32.5 Å². The van der Waals surface area contributed by atoms with Crippen LogP contribution in [0.1, 0.15) is 40.9 Å². The average molecular weight is 281 g/mol. The Morgan fingerprint density at radius 1 is 1.30 bits per heavy atom. The van der Waals surface area contributed by atoms with Crippen LogP contribution in [0.5, 0.6) is 0 Å². The molecule has 0 aromatic heterocycles. The summed E-state index contributed by atoms with van der Waals surface area (Å²) in [5.74, 6) is -1.39. The summed E-state index contributed by atoms with van der Waals surface area (Å²) in [7, 11) is 0. The highest BCUT2D eigenvalue weighted by atomic mass is 16.4. The largest absolute Gasteiger partial charge is 0.478 e. The number of aliphatic hydroxyl groups excluding tert-OH is 2. The molecule has 0 fully saturated rings. The van der Waals surface area contributed by atoms with E-state index in [0.29, 0.717) is 0 Å². The molecule has 6 heteroatoms. The van der Waals surface area contributed by atoms with E-state index >= 15 is 0 Å². The van der Waals surface area contributed by atoms with Gasteiger partial charge in [0, 0.05) is 13.5 Å². The van der Waals surface area contributed by atoms with Crippen molar-refractivity contribution in [3.63, 3.8) is 0 Å². The molecule has 4 N–H and O–H groups in total. The summed E-state index contributed by atoms with van der Waals surface area (Å²) in [5, 5.41) is 31.6. The number of aromatic carboxylic acids is 1. The number of carbonyl (C=O) groups is 2. The lowest BCUT2D eigenvalue weighted by Gasteiger charge is -2.20. The quantitative estimate of drug-likeness (QED) is 0.611. The first-order chi connectivity index (χ1) is 9.32. The summed E-state index contributed by atoms with van der Waals surface area (Å²) in [6, 6.07) is 4.57. The summed E-state index contributed by atoms with van der Waals surface area (Å²) < 4.78 is 0. The van der Waals surface area contributed by atoms with E-state index in [1.165, 1.54) is 19.1 Å². The number of hydrogen-bond donors (Lipinski definition) is 4. The van der Waals surface area contributed by atoms with Crippen LogP contribution in [-0.2, 0) is 4.79 Å². The average Bonchev–Trinajstić information content (AvgIpc) is 2.36. The van der Waals surface area contributed by atoms with Crippen LogP contribution in [0.4, 0.5) is 0 Å². The molecule has 0 spiro atoms. The van der Waals surface area contributed by atoms with Gasteiger partial charge in [-0.15, -0.1) is 0 Å². The van der Waals surface area contributed by atoms with Gasteiger partial charge in [-0.1, -0.05) is 17.7 Å². The summed E-state index contributed by atoms with van der Waals surface area (Å²) in [6.07, 6.45) is -2.33. The maximum absolute atomic E-state index is 11.1. The van der Waals surface area contributed by atoms with Crippen molar-refractivity contribution in [3.8, 4) is 0 Å². The van der Waals surface area contributed by atoms with Crippen LogP contribution in [0, 0.1) is 6.92 Å². The van der Waals surface area contributed by atoms with E-state index in [0.717, 1.165) is 5.56 Å². The van der Waals surface area contributed by atoms with Crippen molar-refractivity contribution in [2.24, 2.45) is 0 Å². The third kappa shape index (κ3) is 4.32. The van der Waals surface area contributed by atoms with Gasteiger partial charge < -0.3 is 20.6 Å². The fourth-order valence-corrected chi connectivity index (χ4v) is 1.88. The van der Waals surface area contributed by atoms with Gasteiger partial charge >= 0.3 is 5.97 Å². The van der Waals surface area contributed by atoms with Crippen molar-refractivity contribution in [3.05, 3.63) is 34.9 Å². The number of aryl methyl sites for hydroxylation is 1. The Hall–Kier alpha value is -1.92. The lowest BCUT2D eigenvalue weighted by molar-refractivity contribution is -0.119. The first kappa shape index (κ1) is 16.1. The van der Waals surface area contributed by atoms with Crippen LogP contribution < -0.4 is 5.32 Å². The topological polar surface area (TPSA) is 107 Å². The lowest BCUT2D eigenvalue weighted by Crippen LogP contribution is -2.28. The number of carboxylic acid groups (broad SMARTS) is 1. The molecule has 6 nitrogen and oxygen atoms in total. The van der Waals surface area contributed by atoms with E-state index in [-0.39, 0.29) is 30.0 Å². The number of amides is 1. The number of carbonyl (C=O) groups excluding carboxylic acids is 1. The summed E-state index contributed by atoms with van der Waals surface area (Å²) >= 11 is 0. The zero-order valence-electron chi connectivity index (χ0n) is 11.5.